The van der Waals surface area contributed by atoms with Gasteiger partial charge in [-0.15, -0.1) is 0 Å². The summed E-state index contributed by atoms with van der Waals surface area (Å²) in [7, 11) is 1.82. The van der Waals surface area contributed by atoms with E-state index in [-0.39, 0.29) is 23.7 Å². The largest absolute Gasteiger partial charge is 0.364 e. The zero-order valence-electron chi connectivity index (χ0n) is 15.8. The van der Waals surface area contributed by atoms with E-state index >= 15 is 0 Å². The highest BCUT2D eigenvalue weighted by atomic mass is 16.5. The van der Waals surface area contributed by atoms with Crippen molar-refractivity contribution in [2.75, 3.05) is 25.0 Å². The smallest absolute Gasteiger partial charge is 0.295 e. The Morgan fingerprint density at radius 3 is 2.46 bits per heavy atom. The molecule has 0 radical (unpaired) electrons. The number of carbonyl (C=O) groups is 1. The Hall–Kier alpha value is -2.38. The van der Waals surface area contributed by atoms with Gasteiger partial charge < -0.3 is 15.0 Å². The SMILES string of the molecule is Cc1c(NC(=O)C[NH+]2C[C@@H](C)O[C@H](C)C2)c(=O)n(-c2ccccc2)n1C. The quantitative estimate of drug-likeness (QED) is 0.814. The van der Waals surface area contributed by atoms with E-state index in [0.717, 1.165) is 24.5 Å². The van der Waals surface area contributed by atoms with Crippen LogP contribution in [0.2, 0.25) is 0 Å². The van der Waals surface area contributed by atoms with Crippen molar-refractivity contribution in [2.45, 2.75) is 33.0 Å². The van der Waals surface area contributed by atoms with Crippen molar-refractivity contribution < 1.29 is 14.4 Å². The molecule has 0 aliphatic carbocycles. The summed E-state index contributed by atoms with van der Waals surface area (Å²) in [4.78, 5) is 26.5. The maximum atomic E-state index is 12.8. The number of morpholine rings is 1. The number of ether oxygens (including phenoxy) is 1. The zero-order valence-corrected chi connectivity index (χ0v) is 15.8. The Balaban J connectivity index is 1.78. The summed E-state index contributed by atoms with van der Waals surface area (Å²) in [5, 5.41) is 2.83. The molecule has 1 aliphatic rings. The second-order valence-electron chi connectivity index (χ2n) is 7.08. The second kappa shape index (κ2) is 7.47. The van der Waals surface area contributed by atoms with Crippen molar-refractivity contribution in [3.8, 4) is 5.69 Å². The van der Waals surface area contributed by atoms with Crippen LogP contribution in [0.3, 0.4) is 0 Å². The molecule has 0 bridgehead atoms. The number of aromatic nitrogens is 2. The Morgan fingerprint density at radius 1 is 1.23 bits per heavy atom. The van der Waals surface area contributed by atoms with Crippen LogP contribution in [0.5, 0.6) is 0 Å². The van der Waals surface area contributed by atoms with Gasteiger partial charge in [0.2, 0.25) is 0 Å². The van der Waals surface area contributed by atoms with Gasteiger partial charge in [-0.2, -0.15) is 0 Å². The minimum atomic E-state index is -0.219. The number of carbonyl (C=O) groups excluding carboxylic acids is 1. The predicted molar refractivity (Wildman–Crippen MR) is 99.9 cm³/mol. The molecule has 1 aliphatic heterocycles. The number of nitrogens with zero attached hydrogens (tertiary/aromatic N) is 2. The maximum absolute atomic E-state index is 12.8. The third-order valence-electron chi connectivity index (χ3n) is 4.85. The topological polar surface area (TPSA) is 69.7 Å². The molecular weight excluding hydrogens is 332 g/mol. The predicted octanol–water partition coefficient (Wildman–Crippen LogP) is 0.115. The maximum Gasteiger partial charge on any atom is 0.295 e. The van der Waals surface area contributed by atoms with Crippen molar-refractivity contribution >= 4 is 11.6 Å². The van der Waals surface area contributed by atoms with E-state index in [1.54, 1.807) is 9.36 Å². The van der Waals surface area contributed by atoms with E-state index in [1.807, 2.05) is 58.2 Å². The summed E-state index contributed by atoms with van der Waals surface area (Å²) < 4.78 is 9.04. The van der Waals surface area contributed by atoms with Crippen LogP contribution in [-0.2, 0) is 16.6 Å². The van der Waals surface area contributed by atoms with Gasteiger partial charge in [-0.3, -0.25) is 14.3 Å². The molecule has 1 aromatic carbocycles. The highest BCUT2D eigenvalue weighted by molar-refractivity contribution is 5.91. The lowest BCUT2D eigenvalue weighted by Gasteiger charge is -2.31. The normalized spacial score (nSPS) is 23.0. The number of anilines is 1. The molecule has 140 valence electrons. The number of quaternary nitrogens is 1. The molecule has 0 unspecified atom stereocenters. The van der Waals surface area contributed by atoms with Gasteiger partial charge in [0.1, 0.15) is 31.0 Å². The average molecular weight is 359 g/mol. The van der Waals surface area contributed by atoms with Crippen LogP contribution in [0.15, 0.2) is 35.1 Å². The lowest BCUT2D eigenvalue weighted by molar-refractivity contribution is -0.907. The van der Waals surface area contributed by atoms with E-state index in [9.17, 15) is 9.59 Å². The van der Waals surface area contributed by atoms with Gasteiger partial charge >= 0.3 is 0 Å². The van der Waals surface area contributed by atoms with Gasteiger partial charge in [-0.25, -0.2) is 4.68 Å². The number of rotatable bonds is 4. The molecule has 7 nitrogen and oxygen atoms in total. The van der Waals surface area contributed by atoms with Crippen LogP contribution in [-0.4, -0.2) is 47.1 Å². The minimum Gasteiger partial charge on any atom is -0.364 e. The molecule has 3 rings (SSSR count). The first-order chi connectivity index (χ1) is 12.4. The summed E-state index contributed by atoms with van der Waals surface area (Å²) >= 11 is 0. The number of benzene rings is 1. The lowest BCUT2D eigenvalue weighted by atomic mass is 10.2. The molecule has 0 saturated carbocycles. The summed E-state index contributed by atoms with van der Waals surface area (Å²) in [6.07, 6.45) is 0.269. The van der Waals surface area contributed by atoms with Gasteiger partial charge in [-0.05, 0) is 32.9 Å². The Kier molecular flexibility index (Phi) is 5.29. The zero-order chi connectivity index (χ0) is 18.8. The molecule has 2 N–H and O–H groups in total. The number of nitrogens with one attached hydrogen (secondary N) is 2. The van der Waals surface area contributed by atoms with Gasteiger partial charge in [0.15, 0.2) is 6.54 Å². The van der Waals surface area contributed by atoms with E-state index in [2.05, 4.69) is 5.32 Å². The molecule has 1 fully saturated rings. The first-order valence-electron chi connectivity index (χ1n) is 8.99. The number of hydrogen-bond acceptors (Lipinski definition) is 3. The molecular formula is C19H27N4O3+. The molecule has 2 aromatic rings. The van der Waals surface area contributed by atoms with Crippen molar-refractivity contribution in [1.82, 2.24) is 9.36 Å². The highest BCUT2D eigenvalue weighted by Crippen LogP contribution is 2.13. The Labute approximate surface area is 153 Å². The second-order valence-corrected chi connectivity index (χ2v) is 7.08. The first-order valence-corrected chi connectivity index (χ1v) is 8.99. The van der Waals surface area contributed by atoms with Crippen molar-refractivity contribution in [3.05, 3.63) is 46.4 Å². The van der Waals surface area contributed by atoms with Crippen molar-refractivity contribution in [3.63, 3.8) is 0 Å². The van der Waals surface area contributed by atoms with Gasteiger partial charge in [0.25, 0.3) is 11.5 Å². The summed E-state index contributed by atoms with van der Waals surface area (Å²) in [6.45, 7) is 7.79. The lowest BCUT2D eigenvalue weighted by Crippen LogP contribution is -3.16. The van der Waals surface area contributed by atoms with Crippen LogP contribution in [0, 0.1) is 6.92 Å². The Morgan fingerprint density at radius 2 is 1.85 bits per heavy atom. The average Bonchev–Trinajstić information content (AvgIpc) is 2.78. The highest BCUT2D eigenvalue weighted by Gasteiger charge is 2.28. The third-order valence-corrected chi connectivity index (χ3v) is 4.85. The molecule has 7 heteroatoms. The van der Waals surface area contributed by atoms with Gasteiger partial charge in [0, 0.05) is 7.05 Å². The molecule has 2 atom stereocenters. The van der Waals surface area contributed by atoms with Crippen LogP contribution in [0.4, 0.5) is 5.69 Å². The van der Waals surface area contributed by atoms with Crippen LogP contribution in [0.25, 0.3) is 5.69 Å². The summed E-state index contributed by atoms with van der Waals surface area (Å²) in [5.74, 6) is -0.146. The molecule has 1 amide bonds. The summed E-state index contributed by atoms with van der Waals surface area (Å²) in [5.41, 5.74) is 1.62. The van der Waals surface area contributed by atoms with E-state index in [1.165, 1.54) is 4.90 Å². The minimum absolute atomic E-state index is 0.135. The first kappa shape index (κ1) is 18.4. The van der Waals surface area contributed by atoms with Crippen molar-refractivity contribution in [2.24, 2.45) is 7.05 Å². The Bertz CT molecular complexity index is 830. The van der Waals surface area contributed by atoms with E-state index < -0.39 is 0 Å². The number of amides is 1. The van der Waals surface area contributed by atoms with Gasteiger partial charge in [-0.1, -0.05) is 18.2 Å². The van der Waals surface area contributed by atoms with E-state index in [0.29, 0.717) is 12.2 Å². The van der Waals surface area contributed by atoms with E-state index in [4.69, 9.17) is 4.74 Å². The fourth-order valence-electron chi connectivity index (χ4n) is 3.66. The standard InChI is InChI=1S/C19H26N4O3/c1-13-10-22(11-14(2)26-13)12-17(24)20-18-15(3)21(4)23(19(18)25)16-8-6-5-7-9-16/h5-9,13-14H,10-12H2,1-4H3,(H,20,24)/p+1/t13-,14-/m1/s1. The fourth-order valence-corrected chi connectivity index (χ4v) is 3.66. The van der Waals surface area contributed by atoms with Crippen LogP contribution in [0.1, 0.15) is 19.5 Å². The molecule has 2 heterocycles. The fraction of sp³-hybridized carbons (Fsp3) is 0.474. The molecule has 1 aromatic heterocycles. The van der Waals surface area contributed by atoms with Crippen LogP contribution < -0.4 is 15.8 Å². The third kappa shape index (κ3) is 3.73. The number of hydrogen-bond donors (Lipinski definition) is 2. The molecule has 0 spiro atoms. The monoisotopic (exact) mass is 359 g/mol. The molecule has 26 heavy (non-hydrogen) atoms. The summed E-state index contributed by atoms with van der Waals surface area (Å²) in [6, 6.07) is 9.40. The number of para-hydroxylation sites is 1. The van der Waals surface area contributed by atoms with Crippen molar-refractivity contribution in [1.29, 1.82) is 0 Å². The molecule has 1 saturated heterocycles. The van der Waals surface area contributed by atoms with Crippen LogP contribution >= 0.6 is 0 Å². The van der Waals surface area contributed by atoms with Gasteiger partial charge in [0.05, 0.1) is 11.4 Å².